The molecule has 2 atom stereocenters. The molecule has 0 bridgehead atoms. The summed E-state index contributed by atoms with van der Waals surface area (Å²) in [5, 5.41) is 5.34. The number of benzene rings is 2. The molecule has 310 valence electrons. The van der Waals surface area contributed by atoms with Crippen molar-refractivity contribution in [2.75, 3.05) is 18.5 Å². The van der Waals surface area contributed by atoms with E-state index in [0.717, 1.165) is 19.3 Å². The van der Waals surface area contributed by atoms with Crippen molar-refractivity contribution >= 4 is 35.3 Å². The number of anilines is 1. The summed E-state index contributed by atoms with van der Waals surface area (Å²) < 4.78 is 17.4. The van der Waals surface area contributed by atoms with Gasteiger partial charge in [-0.05, 0) is 51.0 Å². The van der Waals surface area contributed by atoms with Gasteiger partial charge in [0.1, 0.15) is 5.75 Å². The number of nitrogens with one attached hydrogen (secondary N) is 2. The van der Waals surface area contributed by atoms with E-state index in [-0.39, 0.29) is 42.7 Å². The summed E-state index contributed by atoms with van der Waals surface area (Å²) in [6.45, 7) is 12.7. The molecule has 11 heteroatoms. The summed E-state index contributed by atoms with van der Waals surface area (Å²) in [6.07, 6.45) is 16.9. The van der Waals surface area contributed by atoms with Gasteiger partial charge in [-0.2, -0.15) is 0 Å². The van der Waals surface area contributed by atoms with Gasteiger partial charge in [-0.25, -0.2) is 14.5 Å². The van der Waals surface area contributed by atoms with Crippen molar-refractivity contribution in [1.29, 1.82) is 0 Å². The number of carbonyl (C=O) groups excluding carboxylic acids is 5. The monoisotopic (exact) mass is 777 g/mol. The van der Waals surface area contributed by atoms with Crippen LogP contribution in [-0.4, -0.2) is 65.6 Å². The molecule has 1 aliphatic rings. The van der Waals surface area contributed by atoms with Crippen LogP contribution in [0.5, 0.6) is 5.75 Å². The number of esters is 1. The van der Waals surface area contributed by atoms with Crippen LogP contribution in [0, 0.1) is 5.41 Å². The Morgan fingerprint density at radius 1 is 0.804 bits per heavy atom. The predicted molar refractivity (Wildman–Crippen MR) is 220 cm³/mol. The molecular formula is C45H67N3O8. The van der Waals surface area contributed by atoms with Gasteiger partial charge in [-0.1, -0.05) is 141 Å². The number of nitrogens with zero attached hydrogens (tertiary/aromatic N) is 1. The smallest absolute Gasteiger partial charge is 0.338 e. The lowest BCUT2D eigenvalue weighted by Gasteiger charge is -2.31. The highest BCUT2D eigenvalue weighted by atomic mass is 16.5. The van der Waals surface area contributed by atoms with Gasteiger partial charge in [0.2, 0.25) is 5.72 Å². The van der Waals surface area contributed by atoms with E-state index in [1.165, 1.54) is 76.7 Å². The van der Waals surface area contributed by atoms with E-state index in [1.807, 2.05) is 19.9 Å². The Bertz CT molecular complexity index is 1570. The zero-order valence-electron chi connectivity index (χ0n) is 35.0. The number of Topliss-reactive ketones (excluding diaryl/α,β-unsaturated/α-hetero) is 1. The Morgan fingerprint density at radius 2 is 1.38 bits per heavy atom. The number of hydrogen-bond donors (Lipinski definition) is 2. The van der Waals surface area contributed by atoms with E-state index >= 15 is 0 Å². The van der Waals surface area contributed by atoms with Crippen LogP contribution in [0.25, 0.3) is 0 Å². The van der Waals surface area contributed by atoms with Crippen molar-refractivity contribution in [3.63, 3.8) is 0 Å². The minimum Gasteiger partial charge on any atom is -0.489 e. The summed E-state index contributed by atoms with van der Waals surface area (Å²) >= 11 is 0. The molecule has 2 aromatic carbocycles. The molecule has 11 nitrogen and oxygen atoms in total. The molecule has 0 aliphatic carbocycles. The number of urea groups is 1. The van der Waals surface area contributed by atoms with Gasteiger partial charge in [0, 0.05) is 18.4 Å². The molecule has 2 N–H and O–H groups in total. The highest BCUT2D eigenvalue weighted by Gasteiger charge is 2.58. The molecule has 3 rings (SSSR count). The Balaban J connectivity index is 1.67. The van der Waals surface area contributed by atoms with Crippen molar-refractivity contribution < 1.29 is 38.2 Å². The van der Waals surface area contributed by atoms with Crippen LogP contribution in [0.3, 0.4) is 0 Å². The fourth-order valence-corrected chi connectivity index (χ4v) is 6.83. The number of rotatable bonds is 26. The molecule has 4 amide bonds. The minimum atomic E-state index is -1.86. The molecule has 0 spiro atoms. The SMILES string of the molecule is CCCCCCCCCCCCCCCCOC(=O)c1ccc(OC(C)C)c(NC(=O)C(C(=O)C(C)(C)C)N2C(=O)NC(Cc3ccccc3)(OCC)C2=O)c1. The first-order valence-electron chi connectivity index (χ1n) is 20.9. The van der Waals surface area contributed by atoms with E-state index in [2.05, 4.69) is 17.6 Å². The highest BCUT2D eigenvalue weighted by molar-refractivity contribution is 6.20. The second kappa shape index (κ2) is 23.1. The molecule has 1 heterocycles. The maximum atomic E-state index is 14.2. The topological polar surface area (TPSA) is 140 Å². The average molecular weight is 778 g/mol. The van der Waals surface area contributed by atoms with E-state index in [9.17, 15) is 24.0 Å². The van der Waals surface area contributed by atoms with Crippen LogP contribution in [0.4, 0.5) is 10.5 Å². The Labute approximate surface area is 335 Å². The summed E-state index contributed by atoms with van der Waals surface area (Å²) in [4.78, 5) is 69.8. The van der Waals surface area contributed by atoms with Gasteiger partial charge in [-0.3, -0.25) is 14.4 Å². The second-order valence-electron chi connectivity index (χ2n) is 16.1. The molecule has 0 saturated carbocycles. The van der Waals surface area contributed by atoms with Gasteiger partial charge in [-0.15, -0.1) is 0 Å². The van der Waals surface area contributed by atoms with E-state index < -0.39 is 46.8 Å². The van der Waals surface area contributed by atoms with E-state index in [4.69, 9.17) is 14.2 Å². The molecule has 1 aliphatic heterocycles. The second-order valence-corrected chi connectivity index (χ2v) is 16.1. The molecule has 1 fully saturated rings. The van der Waals surface area contributed by atoms with Gasteiger partial charge in [0.25, 0.3) is 11.8 Å². The number of ketones is 1. The summed E-state index contributed by atoms with van der Waals surface area (Å²) in [5.74, 6) is -2.79. The first-order chi connectivity index (χ1) is 26.7. The van der Waals surface area contributed by atoms with Gasteiger partial charge in [0.05, 0.1) is 24.0 Å². The number of hydrogen-bond acceptors (Lipinski definition) is 8. The maximum Gasteiger partial charge on any atom is 0.338 e. The van der Waals surface area contributed by atoms with E-state index in [0.29, 0.717) is 10.5 Å². The number of amides is 4. The third-order valence-electron chi connectivity index (χ3n) is 9.84. The quantitative estimate of drug-likeness (QED) is 0.0417. The van der Waals surface area contributed by atoms with Gasteiger partial charge in [0.15, 0.2) is 11.8 Å². The van der Waals surface area contributed by atoms with Crippen molar-refractivity contribution in [3.8, 4) is 5.75 Å². The van der Waals surface area contributed by atoms with Crippen LogP contribution in [-0.2, 0) is 30.3 Å². The van der Waals surface area contributed by atoms with Crippen LogP contribution in [0.15, 0.2) is 48.5 Å². The first-order valence-corrected chi connectivity index (χ1v) is 20.9. The van der Waals surface area contributed by atoms with Crippen molar-refractivity contribution in [3.05, 3.63) is 59.7 Å². The van der Waals surface area contributed by atoms with Crippen LogP contribution in [0.2, 0.25) is 0 Å². The van der Waals surface area contributed by atoms with E-state index in [1.54, 1.807) is 64.1 Å². The zero-order valence-corrected chi connectivity index (χ0v) is 35.0. The Hall–Kier alpha value is -4.25. The molecule has 2 aromatic rings. The van der Waals surface area contributed by atoms with Crippen LogP contribution < -0.4 is 15.4 Å². The van der Waals surface area contributed by atoms with Gasteiger partial charge >= 0.3 is 12.0 Å². The number of unbranched alkanes of at least 4 members (excludes halogenated alkanes) is 13. The lowest BCUT2D eigenvalue weighted by atomic mass is 9.85. The number of ether oxygens (including phenoxy) is 3. The maximum absolute atomic E-state index is 14.2. The Morgan fingerprint density at radius 3 is 1.91 bits per heavy atom. The fraction of sp³-hybridized carbons (Fsp3) is 0.622. The molecular weight excluding hydrogens is 711 g/mol. The van der Waals surface area contributed by atoms with Crippen molar-refractivity contribution in [1.82, 2.24) is 10.2 Å². The molecule has 1 saturated heterocycles. The van der Waals surface area contributed by atoms with Gasteiger partial charge < -0.3 is 24.8 Å². The third kappa shape index (κ3) is 14.0. The van der Waals surface area contributed by atoms with Crippen molar-refractivity contribution in [2.24, 2.45) is 5.41 Å². The zero-order chi connectivity index (χ0) is 41.1. The highest BCUT2D eigenvalue weighted by Crippen LogP contribution is 2.32. The predicted octanol–water partition coefficient (Wildman–Crippen LogP) is 9.56. The summed E-state index contributed by atoms with van der Waals surface area (Å²) in [7, 11) is 0. The summed E-state index contributed by atoms with van der Waals surface area (Å²) in [6, 6.07) is 10.7. The number of imide groups is 1. The van der Waals surface area contributed by atoms with Crippen molar-refractivity contribution in [2.45, 2.75) is 163 Å². The molecule has 0 radical (unpaired) electrons. The molecule has 56 heavy (non-hydrogen) atoms. The number of carbonyl (C=O) groups is 5. The average Bonchev–Trinajstić information content (AvgIpc) is 3.38. The third-order valence-corrected chi connectivity index (χ3v) is 9.84. The lowest BCUT2D eigenvalue weighted by molar-refractivity contribution is -0.156. The van der Waals surface area contributed by atoms with Crippen LogP contribution in [0.1, 0.15) is 154 Å². The lowest BCUT2D eigenvalue weighted by Crippen LogP contribution is -2.57. The molecule has 2 unspecified atom stereocenters. The summed E-state index contributed by atoms with van der Waals surface area (Å²) in [5.41, 5.74) is -1.98. The minimum absolute atomic E-state index is 0.0172. The first kappa shape index (κ1) is 46.1. The Kier molecular flexibility index (Phi) is 19.0. The molecule has 0 aromatic heterocycles. The fourth-order valence-electron chi connectivity index (χ4n) is 6.83. The largest absolute Gasteiger partial charge is 0.489 e. The normalized spacial score (nSPS) is 16.2. The standard InChI is InChI=1S/C45H67N3O8/c1-8-10-11-12-13-14-15-16-17-18-19-20-21-25-30-54-41(51)35-28-29-37(56-33(3)4)36(31-35)46-40(50)38(39(49)44(5,6)7)48-42(52)45(55-9-2,47-43(48)53)32-34-26-23-22-24-27-34/h22-24,26-29,31,33,38H,8-21,25,30,32H2,1-7H3,(H,46,50)(H,47,53). The van der Waals surface area contributed by atoms with Crippen LogP contribution >= 0.6 is 0 Å².